The predicted molar refractivity (Wildman–Crippen MR) is 90.9 cm³/mol. The van der Waals surface area contributed by atoms with Crippen LogP contribution in [-0.4, -0.2) is 55.5 Å². The van der Waals surface area contributed by atoms with Gasteiger partial charge < -0.3 is 9.64 Å². The smallest absolute Gasteiger partial charge is 0.410 e. The lowest BCUT2D eigenvalue weighted by Gasteiger charge is -2.34. The van der Waals surface area contributed by atoms with E-state index in [4.69, 9.17) is 11.2 Å². The Morgan fingerprint density at radius 2 is 1.67 bits per heavy atom. The maximum atomic E-state index is 12.6. The molecule has 0 aromatic heterocycles. The quantitative estimate of drug-likeness (QED) is 0.764. The minimum atomic E-state index is -3.59. The molecule has 0 atom stereocenters. The fraction of sp³-hybridized carbons (Fsp3) is 0.471. The Kier molecular flexibility index (Phi) is 5.21. The summed E-state index contributed by atoms with van der Waals surface area (Å²) in [5, 5.41) is 0. The predicted octanol–water partition coefficient (Wildman–Crippen LogP) is 1.91. The van der Waals surface area contributed by atoms with Crippen molar-refractivity contribution in [2.45, 2.75) is 31.3 Å². The topological polar surface area (TPSA) is 66.9 Å². The van der Waals surface area contributed by atoms with E-state index in [1.54, 1.807) is 32.9 Å². The Morgan fingerprint density at radius 3 is 2.12 bits per heavy atom. The number of rotatable bonds is 2. The molecule has 0 bridgehead atoms. The molecule has 130 valence electrons. The summed E-state index contributed by atoms with van der Waals surface area (Å²) in [7, 11) is -3.59. The molecule has 0 N–H and O–H groups in total. The van der Waals surface area contributed by atoms with Gasteiger partial charge in [0.2, 0.25) is 10.0 Å². The van der Waals surface area contributed by atoms with Gasteiger partial charge in [0.05, 0.1) is 4.90 Å². The Morgan fingerprint density at radius 1 is 1.12 bits per heavy atom. The third-order valence-corrected chi connectivity index (χ3v) is 5.46. The van der Waals surface area contributed by atoms with Gasteiger partial charge >= 0.3 is 6.09 Å². The minimum Gasteiger partial charge on any atom is -0.444 e. The zero-order chi connectivity index (χ0) is 18.0. The van der Waals surface area contributed by atoms with Crippen molar-refractivity contribution < 1.29 is 17.9 Å². The second kappa shape index (κ2) is 6.83. The third-order valence-electron chi connectivity index (χ3n) is 3.55. The lowest BCUT2D eigenvalue weighted by molar-refractivity contribution is 0.0192. The molecule has 0 saturated carbocycles. The highest BCUT2D eigenvalue weighted by Gasteiger charge is 2.31. The van der Waals surface area contributed by atoms with Gasteiger partial charge in [-0.25, -0.2) is 13.2 Å². The van der Waals surface area contributed by atoms with E-state index in [-0.39, 0.29) is 18.0 Å². The van der Waals surface area contributed by atoms with Crippen LogP contribution in [0.15, 0.2) is 29.2 Å². The number of carbonyl (C=O) groups excluding carboxylic acids is 1. The first-order chi connectivity index (χ1) is 11.1. The van der Waals surface area contributed by atoms with Gasteiger partial charge in [0, 0.05) is 31.7 Å². The fourth-order valence-electron chi connectivity index (χ4n) is 2.31. The Labute approximate surface area is 143 Å². The number of ether oxygens (including phenoxy) is 1. The number of hydrogen-bond donors (Lipinski definition) is 0. The molecule has 0 radical (unpaired) electrons. The molecule has 1 fully saturated rings. The summed E-state index contributed by atoms with van der Waals surface area (Å²) in [6, 6.07) is 6.21. The van der Waals surface area contributed by atoms with Crippen molar-refractivity contribution in [1.82, 2.24) is 9.21 Å². The molecule has 1 amide bonds. The maximum Gasteiger partial charge on any atom is 0.410 e. The first kappa shape index (κ1) is 18.3. The molecule has 1 saturated heterocycles. The molecular weight excluding hydrogens is 328 g/mol. The van der Waals surface area contributed by atoms with E-state index in [1.807, 2.05) is 0 Å². The van der Waals surface area contributed by atoms with Gasteiger partial charge in [0.15, 0.2) is 0 Å². The Balaban J connectivity index is 2.03. The van der Waals surface area contributed by atoms with E-state index >= 15 is 0 Å². The van der Waals surface area contributed by atoms with Gasteiger partial charge in [-0.05, 0) is 45.0 Å². The van der Waals surface area contributed by atoms with Crippen LogP contribution < -0.4 is 0 Å². The lowest BCUT2D eigenvalue weighted by Crippen LogP contribution is -2.51. The summed E-state index contributed by atoms with van der Waals surface area (Å²) in [4.78, 5) is 13.8. The van der Waals surface area contributed by atoms with Crippen LogP contribution in [0.3, 0.4) is 0 Å². The van der Waals surface area contributed by atoms with Crippen molar-refractivity contribution in [2.75, 3.05) is 26.2 Å². The Hall–Kier alpha value is -2.04. The molecule has 0 spiro atoms. The van der Waals surface area contributed by atoms with Crippen LogP contribution in [0.5, 0.6) is 0 Å². The summed E-state index contributed by atoms with van der Waals surface area (Å²) in [5.41, 5.74) is 0.0581. The first-order valence-electron chi connectivity index (χ1n) is 7.68. The molecule has 1 aliphatic rings. The lowest BCUT2D eigenvalue weighted by atomic mass is 10.2. The normalized spacial score (nSPS) is 16.5. The van der Waals surface area contributed by atoms with E-state index in [0.29, 0.717) is 18.7 Å². The van der Waals surface area contributed by atoms with Crippen LogP contribution in [0.25, 0.3) is 0 Å². The van der Waals surface area contributed by atoms with Gasteiger partial charge in [-0.3, -0.25) is 0 Å². The van der Waals surface area contributed by atoms with Gasteiger partial charge in [-0.15, -0.1) is 6.42 Å². The fourth-order valence-corrected chi connectivity index (χ4v) is 3.73. The number of amides is 1. The molecule has 6 nitrogen and oxygen atoms in total. The summed E-state index contributed by atoms with van der Waals surface area (Å²) < 4.78 is 31.9. The number of terminal acetylenes is 1. The van der Waals surface area contributed by atoms with Crippen LogP contribution in [0, 0.1) is 12.3 Å². The molecular formula is C17H22N2O4S. The number of hydrogen-bond acceptors (Lipinski definition) is 4. The number of carbonyl (C=O) groups is 1. The Bertz CT molecular complexity index is 734. The number of piperazine rings is 1. The van der Waals surface area contributed by atoms with E-state index < -0.39 is 21.7 Å². The van der Waals surface area contributed by atoms with Crippen molar-refractivity contribution >= 4 is 16.1 Å². The highest BCUT2D eigenvalue weighted by Crippen LogP contribution is 2.19. The summed E-state index contributed by atoms with van der Waals surface area (Å²) in [5.74, 6) is 2.46. The molecule has 1 aromatic carbocycles. The average Bonchev–Trinajstić information content (AvgIpc) is 2.53. The minimum absolute atomic E-state index is 0.201. The van der Waals surface area contributed by atoms with Crippen LogP contribution in [0.2, 0.25) is 0 Å². The third kappa shape index (κ3) is 4.28. The van der Waals surface area contributed by atoms with Crippen molar-refractivity contribution in [3.8, 4) is 12.3 Å². The largest absolute Gasteiger partial charge is 0.444 e. The van der Waals surface area contributed by atoms with Crippen molar-refractivity contribution in [1.29, 1.82) is 0 Å². The second-order valence-electron chi connectivity index (χ2n) is 6.54. The molecule has 0 unspecified atom stereocenters. The van der Waals surface area contributed by atoms with Gasteiger partial charge in [0.25, 0.3) is 0 Å². The van der Waals surface area contributed by atoms with E-state index in [1.165, 1.54) is 21.3 Å². The summed E-state index contributed by atoms with van der Waals surface area (Å²) in [6.45, 7) is 6.46. The highest BCUT2D eigenvalue weighted by atomic mass is 32.2. The van der Waals surface area contributed by atoms with E-state index in [0.717, 1.165) is 0 Å². The van der Waals surface area contributed by atoms with Gasteiger partial charge in [-0.1, -0.05) is 5.92 Å². The standard InChI is InChI=1S/C17H22N2O4S/c1-5-14-6-8-15(9-7-14)24(21,22)19-12-10-18(11-13-19)16(20)23-17(2,3)4/h1,6-9H,10-13H2,2-4H3. The van der Waals surface area contributed by atoms with E-state index in [2.05, 4.69) is 5.92 Å². The average molecular weight is 350 g/mol. The number of nitrogens with zero attached hydrogens (tertiary/aromatic N) is 2. The first-order valence-corrected chi connectivity index (χ1v) is 9.12. The van der Waals surface area contributed by atoms with Crippen molar-refractivity contribution in [3.05, 3.63) is 29.8 Å². The van der Waals surface area contributed by atoms with Crippen molar-refractivity contribution in [3.63, 3.8) is 0 Å². The molecule has 1 aromatic rings. The number of sulfonamides is 1. The van der Waals surface area contributed by atoms with Crippen LogP contribution in [-0.2, 0) is 14.8 Å². The van der Waals surface area contributed by atoms with Gasteiger partial charge in [-0.2, -0.15) is 4.31 Å². The molecule has 2 rings (SSSR count). The van der Waals surface area contributed by atoms with Crippen molar-refractivity contribution in [2.24, 2.45) is 0 Å². The summed E-state index contributed by atoms with van der Waals surface area (Å²) in [6.07, 6.45) is 4.86. The monoisotopic (exact) mass is 350 g/mol. The molecule has 0 aliphatic carbocycles. The van der Waals surface area contributed by atoms with Crippen LogP contribution in [0.4, 0.5) is 4.79 Å². The van der Waals surface area contributed by atoms with E-state index in [9.17, 15) is 13.2 Å². The molecule has 1 aliphatic heterocycles. The highest BCUT2D eigenvalue weighted by molar-refractivity contribution is 7.89. The zero-order valence-corrected chi connectivity index (χ0v) is 15.0. The van der Waals surface area contributed by atoms with Crippen LogP contribution >= 0.6 is 0 Å². The maximum absolute atomic E-state index is 12.6. The molecule has 24 heavy (non-hydrogen) atoms. The van der Waals surface area contributed by atoms with Gasteiger partial charge in [0.1, 0.15) is 5.60 Å². The van der Waals surface area contributed by atoms with Crippen LogP contribution in [0.1, 0.15) is 26.3 Å². The zero-order valence-electron chi connectivity index (χ0n) is 14.2. The SMILES string of the molecule is C#Cc1ccc(S(=O)(=O)N2CCN(C(=O)OC(C)(C)C)CC2)cc1. The molecule has 7 heteroatoms. The molecule has 1 heterocycles. The number of benzene rings is 1. The summed E-state index contributed by atoms with van der Waals surface area (Å²) >= 11 is 0. The second-order valence-corrected chi connectivity index (χ2v) is 8.48.